The van der Waals surface area contributed by atoms with Crippen LogP contribution in [-0.4, -0.2) is 46.4 Å². The summed E-state index contributed by atoms with van der Waals surface area (Å²) in [6, 6.07) is 11.7. The number of carboxylic acid groups (broad SMARTS) is 1. The van der Waals surface area contributed by atoms with Crippen molar-refractivity contribution in [3.63, 3.8) is 0 Å². The first-order valence-electron chi connectivity index (χ1n) is 10.1. The third-order valence-corrected chi connectivity index (χ3v) is 6.13. The molecule has 33 heavy (non-hydrogen) atoms. The predicted octanol–water partition coefficient (Wildman–Crippen LogP) is 2.60. The Morgan fingerprint density at radius 1 is 1.00 bits per heavy atom. The number of rotatable bonds is 8. The second-order valence-corrected chi connectivity index (χ2v) is 8.88. The van der Waals surface area contributed by atoms with Crippen molar-refractivity contribution in [3.8, 4) is 0 Å². The normalized spacial score (nSPS) is 14.7. The maximum absolute atomic E-state index is 14.0. The van der Waals surface area contributed by atoms with Gasteiger partial charge in [-0.05, 0) is 70.7 Å². The lowest BCUT2D eigenvalue weighted by molar-refractivity contribution is -0.137. The van der Waals surface area contributed by atoms with Crippen molar-refractivity contribution in [1.82, 2.24) is 10.6 Å². The van der Waals surface area contributed by atoms with Gasteiger partial charge in [-0.2, -0.15) is 0 Å². The molecule has 0 fully saturated rings. The third-order valence-electron chi connectivity index (χ3n) is 5.20. The molecule has 1 atom stereocenters. The lowest BCUT2D eigenvalue weighted by atomic mass is 10.0. The van der Waals surface area contributed by atoms with E-state index in [1.54, 1.807) is 24.5 Å². The monoisotopic (exact) mass is 470 g/mol. The Hall–Kier alpha value is -3.59. The van der Waals surface area contributed by atoms with Gasteiger partial charge in [0.1, 0.15) is 12.4 Å². The molecule has 0 unspecified atom stereocenters. The highest BCUT2D eigenvalue weighted by atomic mass is 32.2. The van der Waals surface area contributed by atoms with Crippen molar-refractivity contribution in [2.45, 2.75) is 18.2 Å². The Labute approximate surface area is 192 Å². The minimum absolute atomic E-state index is 0.0698. The Morgan fingerprint density at radius 3 is 2.30 bits per heavy atom. The molecule has 3 N–H and O–H groups in total. The number of carbonyl (C=O) groups is 3. The maximum Gasteiger partial charge on any atom is 0.322 e. The average Bonchev–Trinajstić information content (AvgIpc) is 3.01. The lowest BCUT2D eigenvalue weighted by Gasteiger charge is -2.08. The summed E-state index contributed by atoms with van der Waals surface area (Å²) in [5.41, 5.74) is 4.57. The van der Waals surface area contributed by atoms with Crippen LogP contribution in [0.25, 0.3) is 17.2 Å². The fourth-order valence-corrected chi connectivity index (χ4v) is 4.06. The van der Waals surface area contributed by atoms with E-state index in [1.807, 2.05) is 25.1 Å². The molecule has 2 aromatic rings. The first-order valence-corrected chi connectivity index (χ1v) is 11.6. The number of aliphatic carboxylic acids is 1. The van der Waals surface area contributed by atoms with E-state index in [-0.39, 0.29) is 13.0 Å². The molecule has 0 bridgehead atoms. The van der Waals surface area contributed by atoms with Crippen LogP contribution >= 0.6 is 0 Å². The molecule has 0 aromatic heterocycles. The van der Waals surface area contributed by atoms with E-state index in [9.17, 15) is 23.0 Å². The number of hydrogen-bond acceptors (Lipinski definition) is 4. The van der Waals surface area contributed by atoms with Crippen LogP contribution in [0, 0.1) is 5.82 Å². The molecule has 0 spiro atoms. The lowest BCUT2D eigenvalue weighted by Crippen LogP contribution is -2.39. The van der Waals surface area contributed by atoms with E-state index < -0.39 is 40.9 Å². The van der Waals surface area contributed by atoms with Gasteiger partial charge in [0, 0.05) is 22.0 Å². The molecule has 0 heterocycles. The van der Waals surface area contributed by atoms with Crippen molar-refractivity contribution >= 4 is 45.8 Å². The van der Waals surface area contributed by atoms with Crippen LogP contribution in [0.2, 0.25) is 0 Å². The zero-order valence-corrected chi connectivity index (χ0v) is 18.9. The van der Waals surface area contributed by atoms with Crippen LogP contribution in [-0.2, 0) is 25.2 Å². The van der Waals surface area contributed by atoms with Crippen molar-refractivity contribution in [2.75, 3.05) is 19.3 Å². The molecular weight excluding hydrogens is 447 g/mol. The van der Waals surface area contributed by atoms with Gasteiger partial charge in [-0.1, -0.05) is 18.2 Å². The summed E-state index contributed by atoms with van der Waals surface area (Å²) in [4.78, 5) is 35.3. The highest BCUT2D eigenvalue weighted by Crippen LogP contribution is 2.43. The van der Waals surface area contributed by atoms with Gasteiger partial charge in [-0.3, -0.25) is 18.6 Å². The van der Waals surface area contributed by atoms with Crippen molar-refractivity contribution in [2.24, 2.45) is 0 Å². The number of carboxylic acids is 1. The summed E-state index contributed by atoms with van der Waals surface area (Å²) in [6.45, 7) is 0.957. The van der Waals surface area contributed by atoms with Crippen molar-refractivity contribution < 1.29 is 28.1 Å². The molecular formula is C24H23FN2O5S. The Morgan fingerprint density at radius 2 is 1.67 bits per heavy atom. The zero-order chi connectivity index (χ0) is 24.1. The van der Waals surface area contributed by atoms with Gasteiger partial charge in [-0.25, -0.2) is 4.39 Å². The van der Waals surface area contributed by atoms with Crippen LogP contribution < -0.4 is 10.6 Å². The molecule has 0 saturated heterocycles. The van der Waals surface area contributed by atoms with Gasteiger partial charge < -0.3 is 15.7 Å². The van der Waals surface area contributed by atoms with Gasteiger partial charge >= 0.3 is 5.97 Å². The van der Waals surface area contributed by atoms with Gasteiger partial charge in [0.25, 0.3) is 0 Å². The van der Waals surface area contributed by atoms with Gasteiger partial charge in [-0.15, -0.1) is 0 Å². The number of amides is 2. The molecule has 1 aliphatic rings. The minimum Gasteiger partial charge on any atom is -0.480 e. The van der Waals surface area contributed by atoms with E-state index in [1.165, 1.54) is 12.1 Å². The van der Waals surface area contributed by atoms with Crippen molar-refractivity contribution in [1.29, 1.82) is 0 Å². The quantitative estimate of drug-likeness (QED) is 0.549. The summed E-state index contributed by atoms with van der Waals surface area (Å²) in [7, 11) is -1.08. The van der Waals surface area contributed by atoms with Crippen molar-refractivity contribution in [3.05, 3.63) is 70.5 Å². The van der Waals surface area contributed by atoms with E-state index in [2.05, 4.69) is 10.6 Å². The van der Waals surface area contributed by atoms with Gasteiger partial charge in [0.05, 0.1) is 13.0 Å². The fraction of sp³-hybridized carbons (Fsp3) is 0.208. The summed E-state index contributed by atoms with van der Waals surface area (Å²) in [5.74, 6) is -2.67. The van der Waals surface area contributed by atoms with E-state index in [4.69, 9.17) is 5.11 Å². The van der Waals surface area contributed by atoms with Gasteiger partial charge in [0.2, 0.25) is 11.8 Å². The molecule has 1 aliphatic carbocycles. The zero-order valence-electron chi connectivity index (χ0n) is 18.1. The number of carbonyl (C=O) groups excluding carboxylic acids is 2. The van der Waals surface area contributed by atoms with Crippen LogP contribution in [0.3, 0.4) is 0 Å². The Bertz CT molecular complexity index is 1200. The Kier molecular flexibility index (Phi) is 7.55. The summed E-state index contributed by atoms with van der Waals surface area (Å²) in [6.07, 6.45) is 3.47. The molecule has 3 rings (SSSR count). The van der Waals surface area contributed by atoms with E-state index in [0.717, 1.165) is 22.3 Å². The van der Waals surface area contributed by atoms with E-state index >= 15 is 0 Å². The molecule has 0 saturated carbocycles. The number of nitrogens with one attached hydrogen (secondary N) is 2. The third kappa shape index (κ3) is 6.01. The molecule has 0 aliphatic heterocycles. The number of hydrogen-bond donors (Lipinski definition) is 3. The first-order chi connectivity index (χ1) is 15.7. The first kappa shape index (κ1) is 24.1. The van der Waals surface area contributed by atoms with Crippen LogP contribution in [0.1, 0.15) is 30.0 Å². The van der Waals surface area contributed by atoms with Crippen LogP contribution in [0.4, 0.5) is 4.39 Å². The predicted molar refractivity (Wildman–Crippen MR) is 124 cm³/mol. The second-order valence-electron chi connectivity index (χ2n) is 7.50. The SMILES string of the molecule is CC1=C(CC(=O)NCC(=O)NCC(=O)O)c2cc(F)ccc2/C1=C/c1ccc([S@@](C)=O)cc1. The Balaban J connectivity index is 1.83. The number of allylic oxidation sites excluding steroid dienone is 2. The number of fused-ring (bicyclic) bond motifs is 1. The van der Waals surface area contributed by atoms with E-state index in [0.29, 0.717) is 16.0 Å². The molecule has 2 aromatic carbocycles. The fourth-order valence-electron chi connectivity index (χ4n) is 3.54. The summed E-state index contributed by atoms with van der Waals surface area (Å²) >= 11 is 0. The number of benzene rings is 2. The standard InChI is InChI=1S/C24H23FN2O5S/c1-14-19(9-15-3-6-17(7-4-15)33(2)32)18-8-5-16(25)10-21(18)20(14)11-22(28)26-12-23(29)27-13-24(30)31/h3-10H,11-13H2,1-2H3,(H,26,28)(H,27,29)(H,30,31)/b19-9+/t33-/m1/s1. The van der Waals surface area contributed by atoms with Crippen LogP contribution in [0.5, 0.6) is 0 Å². The topological polar surface area (TPSA) is 113 Å². The smallest absolute Gasteiger partial charge is 0.322 e. The molecule has 9 heteroatoms. The highest BCUT2D eigenvalue weighted by Gasteiger charge is 2.26. The number of halogens is 1. The summed E-state index contributed by atoms with van der Waals surface area (Å²) in [5, 5.41) is 13.2. The average molecular weight is 471 g/mol. The molecule has 7 nitrogen and oxygen atoms in total. The summed E-state index contributed by atoms with van der Waals surface area (Å²) < 4.78 is 25.6. The largest absolute Gasteiger partial charge is 0.480 e. The minimum atomic E-state index is -1.18. The molecule has 172 valence electrons. The van der Waals surface area contributed by atoms with Crippen LogP contribution in [0.15, 0.2) is 52.9 Å². The highest BCUT2D eigenvalue weighted by molar-refractivity contribution is 7.84. The molecule has 2 amide bonds. The maximum atomic E-state index is 14.0. The second kappa shape index (κ2) is 10.4. The van der Waals surface area contributed by atoms with Gasteiger partial charge in [0.15, 0.2) is 0 Å². The molecule has 0 radical (unpaired) electrons.